The Labute approximate surface area is 165 Å². The average Bonchev–Trinajstić information content (AvgIpc) is 3.05. The van der Waals surface area contributed by atoms with Crippen LogP contribution in [0.15, 0.2) is 42.5 Å². The molecule has 152 valence electrons. The number of carbonyl (C=O) groups is 1. The second kappa shape index (κ2) is 7.88. The number of anilines is 1. The predicted octanol–water partition coefficient (Wildman–Crippen LogP) is 5.41. The minimum Gasteiger partial charge on any atom is -0.387 e. The monoisotopic (exact) mass is 428 g/mol. The number of carbonyl (C=O) groups excluding carboxylic acids is 1. The number of amides is 1. The number of nitrogens with zero attached hydrogens (tertiary/aromatic N) is 1. The third-order valence-corrected chi connectivity index (χ3v) is 4.95. The van der Waals surface area contributed by atoms with Crippen LogP contribution in [-0.4, -0.2) is 16.0 Å². The lowest BCUT2D eigenvalue weighted by Crippen LogP contribution is -2.15. The second-order valence-electron chi connectivity index (χ2n) is 6.04. The lowest BCUT2D eigenvalue weighted by Gasteiger charge is -2.09. The zero-order valence-electron chi connectivity index (χ0n) is 14.7. The van der Waals surface area contributed by atoms with Gasteiger partial charge in [0, 0.05) is 0 Å². The fourth-order valence-electron chi connectivity index (χ4n) is 2.59. The van der Waals surface area contributed by atoms with Crippen molar-refractivity contribution in [1.82, 2.24) is 4.98 Å². The van der Waals surface area contributed by atoms with E-state index in [-0.39, 0.29) is 21.3 Å². The molecule has 3 aromatic rings. The summed E-state index contributed by atoms with van der Waals surface area (Å²) in [5.74, 6) is -3.26. The Kier molecular flexibility index (Phi) is 5.67. The summed E-state index contributed by atoms with van der Waals surface area (Å²) in [5.41, 5.74) is -1.55. The number of benzene rings is 2. The molecule has 1 unspecified atom stereocenters. The van der Waals surface area contributed by atoms with Crippen molar-refractivity contribution in [3.05, 3.63) is 70.9 Å². The van der Waals surface area contributed by atoms with Gasteiger partial charge in [0.05, 0.1) is 22.2 Å². The first kappa shape index (κ1) is 20.9. The Morgan fingerprint density at radius 3 is 2.34 bits per heavy atom. The molecule has 10 heteroatoms. The number of alkyl halides is 3. The summed E-state index contributed by atoms with van der Waals surface area (Å²) in [6.07, 6.45) is -5.72. The third kappa shape index (κ3) is 4.43. The molecule has 0 aliphatic carbocycles. The smallest absolute Gasteiger partial charge is 0.387 e. The molecule has 2 aromatic carbocycles. The molecule has 0 spiro atoms. The Hall–Kier alpha value is -2.85. The van der Waals surface area contributed by atoms with E-state index in [1.165, 1.54) is 19.1 Å². The van der Waals surface area contributed by atoms with Crippen LogP contribution in [-0.2, 0) is 6.18 Å². The molecular formula is C19H13F5N2O2S. The molecule has 0 fully saturated rings. The summed E-state index contributed by atoms with van der Waals surface area (Å²) in [5, 5.41) is 12.0. The first-order valence-electron chi connectivity index (χ1n) is 8.19. The number of nitrogens with one attached hydrogen (secondary N) is 1. The number of hydrogen-bond donors (Lipinski definition) is 2. The Morgan fingerprint density at radius 2 is 1.76 bits per heavy atom. The molecule has 0 aliphatic heterocycles. The van der Waals surface area contributed by atoms with E-state index in [0.29, 0.717) is 0 Å². The molecule has 1 atom stereocenters. The summed E-state index contributed by atoms with van der Waals surface area (Å²) in [6.45, 7) is 1.36. The number of aromatic nitrogens is 1. The Morgan fingerprint density at radius 1 is 1.14 bits per heavy atom. The summed E-state index contributed by atoms with van der Waals surface area (Å²) >= 11 is 0.780. The van der Waals surface area contributed by atoms with Crippen LogP contribution in [0.3, 0.4) is 0 Å². The highest BCUT2D eigenvalue weighted by molar-refractivity contribution is 7.19. The fourth-order valence-corrected chi connectivity index (χ4v) is 3.63. The van der Waals surface area contributed by atoms with Gasteiger partial charge in [-0.3, -0.25) is 10.1 Å². The van der Waals surface area contributed by atoms with Gasteiger partial charge in [-0.15, -0.1) is 0 Å². The van der Waals surface area contributed by atoms with Crippen LogP contribution in [0.4, 0.5) is 27.1 Å². The van der Waals surface area contributed by atoms with E-state index in [1.807, 2.05) is 0 Å². The van der Waals surface area contributed by atoms with Crippen molar-refractivity contribution in [2.24, 2.45) is 0 Å². The number of halogens is 5. The predicted molar refractivity (Wildman–Crippen MR) is 97.5 cm³/mol. The highest BCUT2D eigenvalue weighted by Gasteiger charge is 2.31. The standard InChI is InChI=1S/C19H13F5N2O2S/c1-9(27)15-16(10-4-2-5-11(8-10)19(22,23)24)29-18(25-15)26-17(28)14-12(20)6-3-7-13(14)21/h2-9,27H,1H3,(H,25,26,28). The molecule has 0 bridgehead atoms. The maximum atomic E-state index is 13.8. The van der Waals surface area contributed by atoms with E-state index in [2.05, 4.69) is 10.3 Å². The van der Waals surface area contributed by atoms with Gasteiger partial charge in [-0.2, -0.15) is 13.2 Å². The van der Waals surface area contributed by atoms with E-state index in [1.54, 1.807) is 0 Å². The molecule has 1 amide bonds. The van der Waals surface area contributed by atoms with Crippen LogP contribution < -0.4 is 5.32 Å². The van der Waals surface area contributed by atoms with Gasteiger partial charge >= 0.3 is 6.18 Å². The number of aliphatic hydroxyl groups excluding tert-OH is 1. The maximum absolute atomic E-state index is 13.8. The largest absolute Gasteiger partial charge is 0.416 e. The van der Waals surface area contributed by atoms with Crippen LogP contribution in [0.1, 0.15) is 34.6 Å². The van der Waals surface area contributed by atoms with Crippen molar-refractivity contribution in [3.8, 4) is 10.4 Å². The van der Waals surface area contributed by atoms with Crippen LogP contribution in [0.5, 0.6) is 0 Å². The van der Waals surface area contributed by atoms with Crippen molar-refractivity contribution in [1.29, 1.82) is 0 Å². The topological polar surface area (TPSA) is 62.2 Å². The quantitative estimate of drug-likeness (QED) is 0.546. The molecule has 1 heterocycles. The van der Waals surface area contributed by atoms with Gasteiger partial charge in [0.2, 0.25) is 0 Å². The second-order valence-corrected chi connectivity index (χ2v) is 7.04. The number of aliphatic hydroxyl groups is 1. The summed E-state index contributed by atoms with van der Waals surface area (Å²) < 4.78 is 66.5. The zero-order chi connectivity index (χ0) is 21.3. The van der Waals surface area contributed by atoms with Crippen molar-refractivity contribution < 1.29 is 31.9 Å². The molecule has 0 saturated heterocycles. The fraction of sp³-hybridized carbons (Fsp3) is 0.158. The zero-order valence-corrected chi connectivity index (χ0v) is 15.5. The lowest BCUT2D eigenvalue weighted by atomic mass is 10.1. The van der Waals surface area contributed by atoms with Gasteiger partial charge in [0.1, 0.15) is 17.2 Å². The number of hydrogen-bond acceptors (Lipinski definition) is 4. The Balaban J connectivity index is 1.99. The van der Waals surface area contributed by atoms with Crippen LogP contribution >= 0.6 is 11.3 Å². The van der Waals surface area contributed by atoms with Crippen molar-refractivity contribution in [2.45, 2.75) is 19.2 Å². The molecule has 2 N–H and O–H groups in total. The van der Waals surface area contributed by atoms with E-state index in [9.17, 15) is 31.9 Å². The SMILES string of the molecule is CC(O)c1nc(NC(=O)c2c(F)cccc2F)sc1-c1cccc(C(F)(F)F)c1. The van der Waals surface area contributed by atoms with E-state index >= 15 is 0 Å². The van der Waals surface area contributed by atoms with E-state index < -0.39 is 40.9 Å². The van der Waals surface area contributed by atoms with Gasteiger partial charge in [0.25, 0.3) is 5.91 Å². The third-order valence-electron chi connectivity index (χ3n) is 3.91. The normalized spacial score (nSPS) is 12.7. The average molecular weight is 428 g/mol. The minimum atomic E-state index is -4.56. The highest BCUT2D eigenvalue weighted by Crippen LogP contribution is 2.39. The summed E-state index contributed by atoms with van der Waals surface area (Å²) in [4.78, 5) is 16.4. The first-order valence-corrected chi connectivity index (χ1v) is 9.01. The molecule has 3 rings (SSSR count). The van der Waals surface area contributed by atoms with Crippen LogP contribution in [0, 0.1) is 11.6 Å². The number of thiazole rings is 1. The molecule has 0 saturated carbocycles. The molecule has 0 aliphatic rings. The van der Waals surface area contributed by atoms with Crippen molar-refractivity contribution in [2.75, 3.05) is 5.32 Å². The van der Waals surface area contributed by atoms with Gasteiger partial charge < -0.3 is 5.11 Å². The van der Waals surface area contributed by atoms with E-state index in [0.717, 1.165) is 41.7 Å². The van der Waals surface area contributed by atoms with Crippen LogP contribution in [0.2, 0.25) is 0 Å². The molecular weight excluding hydrogens is 415 g/mol. The first-order chi connectivity index (χ1) is 13.6. The molecule has 1 aromatic heterocycles. The van der Waals surface area contributed by atoms with Gasteiger partial charge in [0.15, 0.2) is 5.13 Å². The Bertz CT molecular complexity index is 1040. The lowest BCUT2D eigenvalue weighted by molar-refractivity contribution is -0.137. The van der Waals surface area contributed by atoms with Gasteiger partial charge in [-0.25, -0.2) is 13.8 Å². The highest BCUT2D eigenvalue weighted by atomic mass is 32.1. The summed E-state index contributed by atoms with van der Waals surface area (Å²) in [7, 11) is 0. The van der Waals surface area contributed by atoms with Crippen LogP contribution in [0.25, 0.3) is 10.4 Å². The molecule has 4 nitrogen and oxygen atoms in total. The molecule has 29 heavy (non-hydrogen) atoms. The maximum Gasteiger partial charge on any atom is 0.416 e. The summed E-state index contributed by atoms with van der Waals surface area (Å²) in [6, 6.07) is 7.32. The van der Waals surface area contributed by atoms with Crippen molar-refractivity contribution in [3.63, 3.8) is 0 Å². The molecule has 0 radical (unpaired) electrons. The minimum absolute atomic E-state index is 0.0265. The number of rotatable bonds is 4. The van der Waals surface area contributed by atoms with E-state index in [4.69, 9.17) is 0 Å². The van der Waals surface area contributed by atoms with Gasteiger partial charge in [-0.05, 0) is 36.8 Å². The van der Waals surface area contributed by atoms with Crippen molar-refractivity contribution >= 4 is 22.4 Å². The van der Waals surface area contributed by atoms with Gasteiger partial charge in [-0.1, -0.05) is 29.5 Å².